The number of likely N-dealkylation sites (N-methyl/N-ethyl adjacent to an activating group) is 1. The third-order valence-corrected chi connectivity index (χ3v) is 7.39. The van der Waals surface area contributed by atoms with E-state index in [1.165, 1.54) is 27.8 Å². The molecule has 0 unspecified atom stereocenters. The number of halogens is 1. The highest BCUT2D eigenvalue weighted by Crippen LogP contribution is 2.30. The second kappa shape index (κ2) is 11.5. The van der Waals surface area contributed by atoms with Crippen molar-refractivity contribution < 1.29 is 0 Å². The zero-order chi connectivity index (χ0) is 22.4. The fourth-order valence-corrected chi connectivity index (χ4v) is 5.19. The van der Waals surface area contributed by atoms with Crippen molar-refractivity contribution in [1.82, 2.24) is 18.8 Å². The number of benzene rings is 1. The molecule has 0 amide bonds. The van der Waals surface area contributed by atoms with Crippen molar-refractivity contribution in [3.05, 3.63) is 48.3 Å². The molecule has 5 nitrogen and oxygen atoms in total. The SMILES string of the molecule is CC.Cc1cn(SI)c2ncc(-c3ccc(N4CCN(CCN(C)C)CC4)cc3)cc12. The summed E-state index contributed by atoms with van der Waals surface area (Å²) < 4.78 is 2.12. The van der Waals surface area contributed by atoms with Crippen LogP contribution in [-0.2, 0) is 0 Å². The number of fused-ring (bicyclic) bond motifs is 1. The lowest BCUT2D eigenvalue weighted by Crippen LogP contribution is -2.48. The molecular weight excluding hydrogens is 517 g/mol. The van der Waals surface area contributed by atoms with Crippen LogP contribution in [0, 0.1) is 6.92 Å². The number of piperazine rings is 1. The van der Waals surface area contributed by atoms with Gasteiger partial charge in [-0.2, -0.15) is 0 Å². The highest BCUT2D eigenvalue weighted by Gasteiger charge is 2.17. The Labute approximate surface area is 203 Å². The molecule has 31 heavy (non-hydrogen) atoms. The smallest absolute Gasteiger partial charge is 0.150 e. The monoisotopic (exact) mass is 551 g/mol. The molecule has 0 N–H and O–H groups in total. The summed E-state index contributed by atoms with van der Waals surface area (Å²) in [5.74, 6) is 0. The molecule has 1 aliphatic rings. The van der Waals surface area contributed by atoms with Crippen molar-refractivity contribution >= 4 is 47.0 Å². The summed E-state index contributed by atoms with van der Waals surface area (Å²) in [5, 5.41) is 1.23. The average molecular weight is 552 g/mol. The van der Waals surface area contributed by atoms with Gasteiger partial charge in [-0.3, -0.25) is 8.87 Å². The number of hydrogen-bond acceptors (Lipinski definition) is 5. The predicted molar refractivity (Wildman–Crippen MR) is 145 cm³/mol. The van der Waals surface area contributed by atoms with Crippen LogP contribution in [0.5, 0.6) is 0 Å². The van der Waals surface area contributed by atoms with Crippen molar-refractivity contribution in [2.75, 3.05) is 58.3 Å². The number of nitrogens with zero attached hydrogens (tertiary/aromatic N) is 5. The van der Waals surface area contributed by atoms with Gasteiger partial charge in [-0.15, -0.1) is 0 Å². The quantitative estimate of drug-likeness (QED) is 0.374. The van der Waals surface area contributed by atoms with Crippen LogP contribution < -0.4 is 4.90 Å². The van der Waals surface area contributed by atoms with E-state index in [4.69, 9.17) is 4.98 Å². The van der Waals surface area contributed by atoms with Crippen LogP contribution in [0.4, 0.5) is 5.69 Å². The molecule has 1 aromatic carbocycles. The number of aromatic nitrogens is 2. The maximum absolute atomic E-state index is 4.72. The van der Waals surface area contributed by atoms with E-state index >= 15 is 0 Å². The van der Waals surface area contributed by atoms with Gasteiger partial charge in [0, 0.05) is 98.6 Å². The zero-order valence-electron chi connectivity index (χ0n) is 19.3. The van der Waals surface area contributed by atoms with Gasteiger partial charge in [0.2, 0.25) is 0 Å². The fourth-order valence-electron chi connectivity index (χ4n) is 3.88. The van der Waals surface area contributed by atoms with E-state index < -0.39 is 0 Å². The number of hydrogen-bond donors (Lipinski definition) is 0. The van der Waals surface area contributed by atoms with Gasteiger partial charge in [0.25, 0.3) is 0 Å². The summed E-state index contributed by atoms with van der Waals surface area (Å²) in [6, 6.07) is 11.2. The third-order valence-electron chi connectivity index (χ3n) is 5.69. The lowest BCUT2D eigenvalue weighted by Gasteiger charge is -2.36. The van der Waals surface area contributed by atoms with Gasteiger partial charge in [0.05, 0.1) is 0 Å². The Morgan fingerprint density at radius 1 is 1.03 bits per heavy atom. The second-order valence-corrected chi connectivity index (χ2v) is 9.69. The number of aryl methyl sites for hydroxylation is 1. The van der Waals surface area contributed by atoms with Crippen molar-refractivity contribution in [2.24, 2.45) is 0 Å². The molecule has 1 fully saturated rings. The minimum absolute atomic E-state index is 1.04. The predicted octanol–water partition coefficient (Wildman–Crippen LogP) is 5.57. The Morgan fingerprint density at radius 2 is 1.71 bits per heavy atom. The maximum Gasteiger partial charge on any atom is 0.150 e. The molecule has 0 spiro atoms. The highest BCUT2D eigenvalue weighted by atomic mass is 127. The van der Waals surface area contributed by atoms with Gasteiger partial charge in [0.1, 0.15) is 0 Å². The minimum atomic E-state index is 1.04. The maximum atomic E-state index is 4.72. The van der Waals surface area contributed by atoms with E-state index in [-0.39, 0.29) is 0 Å². The Balaban J connectivity index is 0.00000132. The highest BCUT2D eigenvalue weighted by molar-refractivity contribution is 14.2. The molecule has 1 aliphatic heterocycles. The zero-order valence-corrected chi connectivity index (χ0v) is 22.3. The molecular formula is C24H34IN5S. The van der Waals surface area contributed by atoms with Crippen LogP contribution in [0.25, 0.3) is 22.2 Å². The Kier molecular flexibility index (Phi) is 9.06. The first-order chi connectivity index (χ1) is 15.0. The molecule has 3 aromatic rings. The Hall–Kier alpha value is -1.29. The number of rotatable bonds is 6. The van der Waals surface area contributed by atoms with Crippen LogP contribution >= 0.6 is 30.3 Å². The van der Waals surface area contributed by atoms with E-state index in [2.05, 4.69) is 97.4 Å². The Bertz CT molecular complexity index is 962. The van der Waals surface area contributed by atoms with Crippen LogP contribution in [0.3, 0.4) is 0 Å². The van der Waals surface area contributed by atoms with Gasteiger partial charge in [-0.25, -0.2) is 4.98 Å². The first-order valence-electron chi connectivity index (χ1n) is 11.0. The fraction of sp³-hybridized carbons (Fsp3) is 0.458. The largest absolute Gasteiger partial charge is 0.369 e. The van der Waals surface area contributed by atoms with E-state index in [1.54, 1.807) is 9.12 Å². The first kappa shape index (κ1) is 24.4. The van der Waals surface area contributed by atoms with E-state index in [1.807, 2.05) is 20.0 Å². The summed E-state index contributed by atoms with van der Waals surface area (Å²) in [5.41, 5.74) is 6.02. The van der Waals surface area contributed by atoms with Crippen molar-refractivity contribution in [2.45, 2.75) is 20.8 Å². The normalized spacial score (nSPS) is 14.7. The summed E-state index contributed by atoms with van der Waals surface area (Å²) in [7, 11) is 5.94. The van der Waals surface area contributed by atoms with Gasteiger partial charge >= 0.3 is 0 Å². The van der Waals surface area contributed by atoms with Crippen molar-refractivity contribution in [3.8, 4) is 11.1 Å². The molecule has 2 aromatic heterocycles. The van der Waals surface area contributed by atoms with Crippen LogP contribution in [-0.4, -0.2) is 72.1 Å². The van der Waals surface area contributed by atoms with Crippen molar-refractivity contribution in [1.29, 1.82) is 0 Å². The summed E-state index contributed by atoms with van der Waals surface area (Å²) in [6.45, 7) is 12.9. The van der Waals surface area contributed by atoms with Crippen LogP contribution in [0.2, 0.25) is 0 Å². The first-order valence-corrected chi connectivity index (χ1v) is 14.4. The summed E-state index contributed by atoms with van der Waals surface area (Å²) in [6.07, 6.45) is 4.14. The molecule has 0 radical (unpaired) electrons. The summed E-state index contributed by atoms with van der Waals surface area (Å²) in [4.78, 5) is 12.0. The van der Waals surface area contributed by atoms with Gasteiger partial charge in [0.15, 0.2) is 5.65 Å². The third kappa shape index (κ3) is 5.94. The van der Waals surface area contributed by atoms with Crippen molar-refractivity contribution in [3.63, 3.8) is 0 Å². The van der Waals surface area contributed by atoms with Gasteiger partial charge in [-0.05, 0) is 50.3 Å². The van der Waals surface area contributed by atoms with Gasteiger partial charge < -0.3 is 9.80 Å². The summed E-state index contributed by atoms with van der Waals surface area (Å²) >= 11 is 2.30. The molecule has 168 valence electrons. The molecule has 0 aliphatic carbocycles. The van der Waals surface area contributed by atoms with Gasteiger partial charge in [-0.1, -0.05) is 26.0 Å². The molecule has 0 saturated carbocycles. The standard InChI is InChI=1S/C22H28IN5S.C2H6/c1-17-16-28(29-23)22-21(17)14-19(15-24-22)18-4-6-20(7-5-18)27-12-10-26(11-13-27)9-8-25(2)3;1-2/h4-7,14-16H,8-13H2,1-3H3;1-2H3. The van der Waals surface area contributed by atoms with E-state index in [0.717, 1.165) is 44.9 Å². The lowest BCUT2D eigenvalue weighted by atomic mass is 10.1. The average Bonchev–Trinajstić information content (AvgIpc) is 3.14. The molecule has 4 rings (SSSR count). The molecule has 3 heterocycles. The minimum Gasteiger partial charge on any atom is -0.369 e. The van der Waals surface area contributed by atoms with E-state index in [0.29, 0.717) is 0 Å². The van der Waals surface area contributed by atoms with Crippen LogP contribution in [0.1, 0.15) is 19.4 Å². The Morgan fingerprint density at radius 3 is 2.32 bits per heavy atom. The molecule has 0 atom stereocenters. The molecule has 1 saturated heterocycles. The topological polar surface area (TPSA) is 27.5 Å². The second-order valence-electron chi connectivity index (χ2n) is 7.98. The van der Waals surface area contributed by atoms with Crippen LogP contribution in [0.15, 0.2) is 42.7 Å². The number of pyridine rings is 1. The van der Waals surface area contributed by atoms with E-state index in [9.17, 15) is 0 Å². The molecule has 0 bridgehead atoms. The molecule has 7 heteroatoms. The lowest BCUT2D eigenvalue weighted by molar-refractivity contribution is 0.229. The number of anilines is 1.